The first-order chi connectivity index (χ1) is 5.29. The van der Waals surface area contributed by atoms with Gasteiger partial charge in [-0.2, -0.15) is 0 Å². The van der Waals surface area contributed by atoms with Crippen molar-refractivity contribution in [3.8, 4) is 0 Å². The topological polar surface area (TPSA) is 29.1 Å². The fourth-order valence-electron chi connectivity index (χ4n) is 1.45. The summed E-state index contributed by atoms with van der Waals surface area (Å²) in [4.78, 5) is 11.1. The maximum absolute atomic E-state index is 11.1. The summed E-state index contributed by atoms with van der Waals surface area (Å²) in [5.41, 5.74) is 2.56. The molecule has 0 bridgehead atoms. The van der Waals surface area contributed by atoms with Crippen molar-refractivity contribution in [2.24, 2.45) is 0 Å². The lowest BCUT2D eigenvalue weighted by molar-refractivity contribution is -0.115. The lowest BCUT2D eigenvalue weighted by Gasteiger charge is -2.03. The van der Waals surface area contributed by atoms with Crippen LogP contribution in [0.15, 0.2) is 35.6 Å². The van der Waals surface area contributed by atoms with Crippen LogP contribution in [0.1, 0.15) is 12.8 Å². The van der Waals surface area contributed by atoms with Crippen LogP contribution in [0.25, 0.3) is 0 Å². The van der Waals surface area contributed by atoms with E-state index in [0.717, 1.165) is 29.7 Å². The molecule has 56 valence electrons. The number of hydrogen-bond acceptors (Lipinski definition) is 1. The molecule has 0 spiro atoms. The van der Waals surface area contributed by atoms with Crippen molar-refractivity contribution in [1.29, 1.82) is 0 Å². The minimum absolute atomic E-state index is 0.000880. The number of allylic oxidation sites excluding steroid dienone is 3. The maximum atomic E-state index is 11.1. The fourth-order valence-corrected chi connectivity index (χ4v) is 1.45. The Hall–Kier alpha value is -1.31. The van der Waals surface area contributed by atoms with Crippen molar-refractivity contribution in [1.82, 2.24) is 5.32 Å². The Balaban J connectivity index is 2.49. The summed E-state index contributed by atoms with van der Waals surface area (Å²) in [5, 5.41) is 2.69. The predicted molar refractivity (Wildman–Crippen MR) is 42.7 cm³/mol. The summed E-state index contributed by atoms with van der Waals surface area (Å²) in [6.45, 7) is 3.75. The van der Waals surface area contributed by atoms with Crippen molar-refractivity contribution >= 4 is 5.91 Å². The van der Waals surface area contributed by atoms with Crippen LogP contribution in [0.4, 0.5) is 0 Å². The van der Waals surface area contributed by atoms with Crippen LogP contribution in [0, 0.1) is 0 Å². The zero-order valence-corrected chi connectivity index (χ0v) is 6.18. The molecule has 0 saturated carbocycles. The summed E-state index contributed by atoms with van der Waals surface area (Å²) >= 11 is 0. The largest absolute Gasteiger partial charge is 0.322 e. The lowest BCUT2D eigenvalue weighted by Crippen LogP contribution is -2.12. The highest BCUT2D eigenvalue weighted by Gasteiger charge is 2.26. The van der Waals surface area contributed by atoms with Gasteiger partial charge in [-0.15, -0.1) is 0 Å². The van der Waals surface area contributed by atoms with Crippen LogP contribution in [-0.4, -0.2) is 5.91 Å². The minimum atomic E-state index is 0.000880. The summed E-state index contributed by atoms with van der Waals surface area (Å²) in [7, 11) is 0. The number of hydrogen-bond donors (Lipinski definition) is 1. The van der Waals surface area contributed by atoms with E-state index in [1.165, 1.54) is 0 Å². The predicted octanol–water partition coefficient (Wildman–Crippen LogP) is 1.28. The average molecular weight is 147 g/mol. The van der Waals surface area contributed by atoms with E-state index < -0.39 is 0 Å². The Kier molecular flexibility index (Phi) is 1.22. The van der Waals surface area contributed by atoms with Crippen LogP contribution in [0.5, 0.6) is 0 Å². The van der Waals surface area contributed by atoms with Crippen LogP contribution in [0.3, 0.4) is 0 Å². The first kappa shape index (κ1) is 6.40. The summed E-state index contributed by atoms with van der Waals surface area (Å²) in [6.07, 6.45) is 6.03. The zero-order chi connectivity index (χ0) is 7.84. The van der Waals surface area contributed by atoms with E-state index in [1.54, 1.807) is 0 Å². The normalized spacial score (nSPS) is 22.2. The van der Waals surface area contributed by atoms with E-state index in [4.69, 9.17) is 0 Å². The molecule has 2 heteroatoms. The van der Waals surface area contributed by atoms with E-state index in [2.05, 4.69) is 18.0 Å². The molecule has 1 N–H and O–H groups in total. The number of rotatable bonds is 0. The van der Waals surface area contributed by atoms with Gasteiger partial charge in [0.25, 0.3) is 5.91 Å². The molecule has 1 amide bonds. The third kappa shape index (κ3) is 0.827. The number of amides is 1. The van der Waals surface area contributed by atoms with Gasteiger partial charge in [-0.1, -0.05) is 18.7 Å². The maximum Gasteiger partial charge on any atom is 0.256 e. The zero-order valence-electron chi connectivity index (χ0n) is 6.18. The minimum Gasteiger partial charge on any atom is -0.322 e. The highest BCUT2D eigenvalue weighted by Crippen LogP contribution is 2.28. The van der Waals surface area contributed by atoms with Gasteiger partial charge in [0.05, 0.1) is 0 Å². The molecule has 2 nitrogen and oxygen atoms in total. The standard InChI is InChI=1S/C9H9NO/c1-6-7-4-2-3-5-8(7)9(11)10-6/h4-5H,1-3H2,(H,10,11). The molecule has 1 saturated heterocycles. The fraction of sp³-hybridized carbons (Fsp3) is 0.222. The lowest BCUT2D eigenvalue weighted by atomic mass is 9.99. The number of carbonyl (C=O) groups is 1. The Morgan fingerprint density at radius 3 is 2.55 bits per heavy atom. The van der Waals surface area contributed by atoms with Gasteiger partial charge in [-0.25, -0.2) is 0 Å². The van der Waals surface area contributed by atoms with Gasteiger partial charge in [-0.05, 0) is 12.8 Å². The smallest absolute Gasteiger partial charge is 0.256 e. The molecule has 0 aromatic rings. The second kappa shape index (κ2) is 2.09. The molecule has 1 fully saturated rings. The van der Waals surface area contributed by atoms with Gasteiger partial charge in [-0.3, -0.25) is 4.79 Å². The highest BCUT2D eigenvalue weighted by atomic mass is 16.2. The summed E-state index contributed by atoms with van der Waals surface area (Å²) in [5.74, 6) is 0.000880. The van der Waals surface area contributed by atoms with Gasteiger partial charge in [0.2, 0.25) is 0 Å². The average Bonchev–Trinajstić information content (AvgIpc) is 2.30. The van der Waals surface area contributed by atoms with Crippen LogP contribution in [-0.2, 0) is 4.79 Å². The molecule has 0 atom stereocenters. The van der Waals surface area contributed by atoms with Crippen molar-refractivity contribution < 1.29 is 4.79 Å². The van der Waals surface area contributed by atoms with E-state index in [9.17, 15) is 4.79 Å². The molecule has 11 heavy (non-hydrogen) atoms. The summed E-state index contributed by atoms with van der Waals surface area (Å²) < 4.78 is 0. The highest BCUT2D eigenvalue weighted by molar-refractivity contribution is 6.05. The van der Waals surface area contributed by atoms with Gasteiger partial charge < -0.3 is 5.32 Å². The molecule has 1 heterocycles. The van der Waals surface area contributed by atoms with E-state index in [0.29, 0.717) is 0 Å². The summed E-state index contributed by atoms with van der Waals surface area (Å²) in [6, 6.07) is 0. The first-order valence-corrected chi connectivity index (χ1v) is 3.70. The molecule has 2 aliphatic rings. The second-order valence-corrected chi connectivity index (χ2v) is 2.75. The van der Waals surface area contributed by atoms with Gasteiger partial charge in [0.1, 0.15) is 0 Å². The van der Waals surface area contributed by atoms with Gasteiger partial charge in [0, 0.05) is 16.8 Å². The van der Waals surface area contributed by atoms with Crippen molar-refractivity contribution in [3.05, 3.63) is 35.6 Å². The molecule has 2 rings (SSSR count). The second-order valence-electron chi connectivity index (χ2n) is 2.75. The molecule has 0 aromatic heterocycles. The molecular formula is C9H9NO. The number of fused-ring (bicyclic) bond motifs is 1. The Bertz CT molecular complexity index is 267. The van der Waals surface area contributed by atoms with Crippen LogP contribution < -0.4 is 5.32 Å². The monoisotopic (exact) mass is 147 g/mol. The van der Waals surface area contributed by atoms with E-state index in [1.807, 2.05) is 6.08 Å². The van der Waals surface area contributed by atoms with Crippen LogP contribution in [0.2, 0.25) is 0 Å². The molecule has 0 unspecified atom stereocenters. The Morgan fingerprint density at radius 2 is 1.91 bits per heavy atom. The van der Waals surface area contributed by atoms with Crippen molar-refractivity contribution in [3.63, 3.8) is 0 Å². The molecule has 1 aliphatic heterocycles. The Labute approximate surface area is 65.3 Å². The SMILES string of the molecule is C=C1NC(=O)C2=CCCC=C12. The molecular weight excluding hydrogens is 138 g/mol. The van der Waals surface area contributed by atoms with Crippen LogP contribution >= 0.6 is 0 Å². The number of nitrogens with one attached hydrogen (secondary N) is 1. The number of carbonyl (C=O) groups excluding carboxylic acids is 1. The molecule has 0 aromatic carbocycles. The van der Waals surface area contributed by atoms with Gasteiger partial charge >= 0.3 is 0 Å². The molecule has 1 aliphatic carbocycles. The third-order valence-corrected chi connectivity index (χ3v) is 1.99. The Morgan fingerprint density at radius 1 is 1.27 bits per heavy atom. The first-order valence-electron chi connectivity index (χ1n) is 3.70. The van der Waals surface area contributed by atoms with E-state index in [-0.39, 0.29) is 5.91 Å². The van der Waals surface area contributed by atoms with E-state index >= 15 is 0 Å². The van der Waals surface area contributed by atoms with Crippen molar-refractivity contribution in [2.45, 2.75) is 12.8 Å². The quantitative estimate of drug-likeness (QED) is 0.549. The van der Waals surface area contributed by atoms with Gasteiger partial charge in [0.15, 0.2) is 0 Å². The third-order valence-electron chi connectivity index (χ3n) is 1.99. The molecule has 0 radical (unpaired) electrons. The van der Waals surface area contributed by atoms with Crippen molar-refractivity contribution in [2.75, 3.05) is 0 Å².